The number of nitrogens with zero attached hydrogens (tertiary/aromatic N) is 2. The van der Waals surface area contributed by atoms with Gasteiger partial charge >= 0.3 is 6.18 Å². The highest BCUT2D eigenvalue weighted by Crippen LogP contribution is 2.30. The number of fused-ring (bicyclic) bond motifs is 1. The molecule has 0 amide bonds. The normalized spacial score (nSPS) is 11.7. The number of rotatable bonds is 3. The van der Waals surface area contributed by atoms with Crippen LogP contribution in [0.15, 0.2) is 48.5 Å². The van der Waals surface area contributed by atoms with Crippen LogP contribution in [-0.2, 0) is 12.7 Å². The van der Waals surface area contributed by atoms with Crippen LogP contribution < -0.4 is 5.32 Å². The van der Waals surface area contributed by atoms with Crippen LogP contribution in [0, 0.1) is 5.82 Å². The summed E-state index contributed by atoms with van der Waals surface area (Å²) in [6, 6.07) is 12.5. The first-order chi connectivity index (χ1) is 10.9. The maximum Gasteiger partial charge on any atom is 0.451 e. The van der Waals surface area contributed by atoms with Crippen molar-refractivity contribution >= 4 is 16.7 Å². The number of nitrogens with one attached hydrogen (secondary N) is 1. The fourth-order valence-corrected chi connectivity index (χ4v) is 2.14. The average molecular weight is 321 g/mol. The topological polar surface area (TPSA) is 37.8 Å². The van der Waals surface area contributed by atoms with Crippen molar-refractivity contribution in [1.29, 1.82) is 0 Å². The van der Waals surface area contributed by atoms with Gasteiger partial charge in [-0.3, -0.25) is 0 Å². The first kappa shape index (κ1) is 15.2. The standard InChI is InChI=1S/C16H11F4N3/c17-11-6-7-13-12(8-11)14(23-15(22-13)16(18,19)20)21-9-10-4-2-1-3-5-10/h1-8H,9H2,(H,21,22,23). The van der Waals surface area contributed by atoms with Crippen molar-refractivity contribution in [3.05, 3.63) is 65.7 Å². The molecular weight excluding hydrogens is 310 g/mol. The molecule has 118 valence electrons. The van der Waals surface area contributed by atoms with Gasteiger partial charge in [-0.2, -0.15) is 13.2 Å². The zero-order chi connectivity index (χ0) is 16.4. The Morgan fingerprint density at radius 3 is 2.39 bits per heavy atom. The van der Waals surface area contributed by atoms with Crippen LogP contribution in [0.2, 0.25) is 0 Å². The Hall–Kier alpha value is -2.70. The molecule has 23 heavy (non-hydrogen) atoms. The van der Waals surface area contributed by atoms with Gasteiger partial charge in [0.1, 0.15) is 11.6 Å². The van der Waals surface area contributed by atoms with E-state index < -0.39 is 17.8 Å². The van der Waals surface area contributed by atoms with Gasteiger partial charge in [0.2, 0.25) is 5.82 Å². The molecule has 0 fully saturated rings. The van der Waals surface area contributed by atoms with Gasteiger partial charge in [0.25, 0.3) is 0 Å². The van der Waals surface area contributed by atoms with E-state index in [0.29, 0.717) is 0 Å². The summed E-state index contributed by atoms with van der Waals surface area (Å²) in [6.07, 6.45) is -4.67. The van der Waals surface area contributed by atoms with Crippen molar-refractivity contribution in [1.82, 2.24) is 9.97 Å². The number of hydrogen-bond donors (Lipinski definition) is 1. The summed E-state index contributed by atoms with van der Waals surface area (Å²) < 4.78 is 52.1. The molecule has 1 N–H and O–H groups in total. The number of aromatic nitrogens is 2. The summed E-state index contributed by atoms with van der Waals surface area (Å²) in [5.41, 5.74) is 0.897. The van der Waals surface area contributed by atoms with Gasteiger partial charge in [0.15, 0.2) is 0 Å². The first-order valence-electron chi connectivity index (χ1n) is 6.76. The lowest BCUT2D eigenvalue weighted by atomic mass is 10.2. The Morgan fingerprint density at radius 2 is 1.70 bits per heavy atom. The molecule has 0 aliphatic rings. The highest BCUT2D eigenvalue weighted by atomic mass is 19.4. The Morgan fingerprint density at radius 1 is 0.957 bits per heavy atom. The van der Waals surface area contributed by atoms with Gasteiger partial charge in [-0.25, -0.2) is 14.4 Å². The molecule has 0 atom stereocenters. The minimum atomic E-state index is -4.67. The first-order valence-corrected chi connectivity index (χ1v) is 6.76. The van der Waals surface area contributed by atoms with Crippen molar-refractivity contribution in [2.75, 3.05) is 5.32 Å². The second-order valence-electron chi connectivity index (χ2n) is 4.89. The lowest BCUT2D eigenvalue weighted by Gasteiger charge is -2.12. The van der Waals surface area contributed by atoms with Crippen molar-refractivity contribution in [3.63, 3.8) is 0 Å². The molecule has 3 rings (SSSR count). The maximum atomic E-state index is 13.4. The Bertz CT molecular complexity index is 832. The summed E-state index contributed by atoms with van der Waals surface area (Å²) in [5, 5.41) is 3.03. The number of anilines is 1. The van der Waals surface area contributed by atoms with E-state index in [4.69, 9.17) is 0 Å². The maximum absolute atomic E-state index is 13.4. The van der Waals surface area contributed by atoms with Crippen LogP contribution in [-0.4, -0.2) is 9.97 Å². The molecule has 0 unspecified atom stereocenters. The van der Waals surface area contributed by atoms with Crippen LogP contribution in [0.25, 0.3) is 10.9 Å². The van der Waals surface area contributed by atoms with E-state index in [2.05, 4.69) is 15.3 Å². The highest BCUT2D eigenvalue weighted by Gasteiger charge is 2.35. The van der Waals surface area contributed by atoms with Gasteiger partial charge in [-0.05, 0) is 23.8 Å². The van der Waals surface area contributed by atoms with Crippen LogP contribution in [0.5, 0.6) is 0 Å². The zero-order valence-electron chi connectivity index (χ0n) is 11.7. The molecule has 0 saturated carbocycles. The summed E-state index contributed by atoms with van der Waals surface area (Å²) in [6.45, 7) is 0.265. The third-order valence-electron chi connectivity index (χ3n) is 3.21. The molecule has 0 aliphatic carbocycles. The fourth-order valence-electron chi connectivity index (χ4n) is 2.14. The molecule has 0 aliphatic heterocycles. The number of benzene rings is 2. The van der Waals surface area contributed by atoms with Gasteiger partial charge in [-0.15, -0.1) is 0 Å². The number of halogens is 4. The van der Waals surface area contributed by atoms with Gasteiger partial charge < -0.3 is 5.32 Å². The predicted octanol–water partition coefficient (Wildman–Crippen LogP) is 4.40. The molecule has 3 aromatic rings. The lowest BCUT2D eigenvalue weighted by Crippen LogP contribution is -2.13. The van der Waals surface area contributed by atoms with E-state index in [1.807, 2.05) is 30.3 Å². The Balaban J connectivity index is 2.03. The molecule has 2 aromatic carbocycles. The van der Waals surface area contributed by atoms with Gasteiger partial charge in [0.05, 0.1) is 5.52 Å². The van der Waals surface area contributed by atoms with E-state index in [-0.39, 0.29) is 23.3 Å². The molecule has 0 spiro atoms. The molecular formula is C16H11F4N3. The van der Waals surface area contributed by atoms with Crippen molar-refractivity contribution in [2.45, 2.75) is 12.7 Å². The molecule has 0 radical (unpaired) electrons. The molecule has 3 nitrogen and oxygen atoms in total. The highest BCUT2D eigenvalue weighted by molar-refractivity contribution is 5.89. The monoisotopic (exact) mass is 321 g/mol. The average Bonchev–Trinajstić information content (AvgIpc) is 2.52. The number of alkyl halides is 3. The SMILES string of the molecule is Fc1ccc2nc(C(F)(F)F)nc(NCc3ccccc3)c2c1. The van der Waals surface area contributed by atoms with Gasteiger partial charge in [-0.1, -0.05) is 30.3 Å². The largest absolute Gasteiger partial charge is 0.451 e. The van der Waals surface area contributed by atoms with Crippen LogP contribution >= 0.6 is 0 Å². The molecule has 0 saturated heterocycles. The Labute approximate surface area is 129 Å². The van der Waals surface area contributed by atoms with Crippen LogP contribution in [0.3, 0.4) is 0 Å². The Kier molecular flexibility index (Phi) is 3.85. The smallest absolute Gasteiger partial charge is 0.365 e. The summed E-state index contributed by atoms with van der Waals surface area (Å²) in [7, 11) is 0. The fraction of sp³-hybridized carbons (Fsp3) is 0.125. The van der Waals surface area contributed by atoms with E-state index in [1.54, 1.807) is 0 Å². The molecule has 1 heterocycles. The third-order valence-corrected chi connectivity index (χ3v) is 3.21. The minimum absolute atomic E-state index is 0.0317. The second kappa shape index (κ2) is 5.83. The third kappa shape index (κ3) is 3.39. The van der Waals surface area contributed by atoms with E-state index in [1.165, 1.54) is 6.07 Å². The summed E-state index contributed by atoms with van der Waals surface area (Å²) in [5.74, 6) is -1.87. The zero-order valence-corrected chi connectivity index (χ0v) is 11.7. The molecule has 7 heteroatoms. The lowest BCUT2D eigenvalue weighted by molar-refractivity contribution is -0.144. The summed E-state index contributed by atoms with van der Waals surface area (Å²) >= 11 is 0. The molecule has 1 aromatic heterocycles. The quantitative estimate of drug-likeness (QED) is 0.727. The minimum Gasteiger partial charge on any atom is -0.365 e. The van der Waals surface area contributed by atoms with Crippen molar-refractivity contribution in [2.24, 2.45) is 0 Å². The predicted molar refractivity (Wildman–Crippen MR) is 78.3 cm³/mol. The molecule has 0 bridgehead atoms. The van der Waals surface area contributed by atoms with E-state index >= 15 is 0 Å². The number of hydrogen-bond acceptors (Lipinski definition) is 3. The van der Waals surface area contributed by atoms with Gasteiger partial charge in [0, 0.05) is 11.9 Å². The van der Waals surface area contributed by atoms with E-state index in [9.17, 15) is 17.6 Å². The van der Waals surface area contributed by atoms with E-state index in [0.717, 1.165) is 17.7 Å². The van der Waals surface area contributed by atoms with Crippen molar-refractivity contribution in [3.8, 4) is 0 Å². The van der Waals surface area contributed by atoms with Crippen molar-refractivity contribution < 1.29 is 17.6 Å². The second-order valence-corrected chi connectivity index (χ2v) is 4.89. The summed E-state index contributed by atoms with van der Waals surface area (Å²) in [4.78, 5) is 6.97. The van der Waals surface area contributed by atoms with Crippen LogP contribution in [0.1, 0.15) is 11.4 Å². The van der Waals surface area contributed by atoms with Crippen LogP contribution in [0.4, 0.5) is 23.4 Å².